The van der Waals surface area contributed by atoms with Gasteiger partial charge in [-0.25, -0.2) is 17.9 Å². The number of terminal acetylenes is 1. The molecule has 0 bridgehead atoms. The predicted octanol–water partition coefficient (Wildman–Crippen LogP) is 0.695. The third-order valence-electron chi connectivity index (χ3n) is 2.26. The van der Waals surface area contributed by atoms with Crippen LogP contribution in [0, 0.1) is 12.3 Å². The van der Waals surface area contributed by atoms with Gasteiger partial charge < -0.3 is 9.84 Å². The molecule has 0 aliphatic rings. The lowest BCUT2D eigenvalue weighted by molar-refractivity contribution is 0.0696. The Morgan fingerprint density at radius 1 is 1.53 bits per heavy atom. The molecule has 1 rings (SSSR count). The average Bonchev–Trinajstić information content (AvgIpc) is 2.38. The van der Waals surface area contributed by atoms with Gasteiger partial charge in [-0.1, -0.05) is 0 Å². The molecule has 0 fully saturated rings. The van der Waals surface area contributed by atoms with Gasteiger partial charge in [0.25, 0.3) is 0 Å². The van der Waals surface area contributed by atoms with Crippen molar-refractivity contribution in [3.05, 3.63) is 23.8 Å². The van der Waals surface area contributed by atoms with Gasteiger partial charge in [0.05, 0.1) is 12.7 Å². The Balaban J connectivity index is 3.13. The van der Waals surface area contributed by atoms with Crippen LogP contribution in [0.2, 0.25) is 0 Å². The molecule has 6 nitrogen and oxygen atoms in total. The summed E-state index contributed by atoms with van der Waals surface area (Å²) in [5, 5.41) is 8.83. The average molecular weight is 283 g/mol. The Morgan fingerprint density at radius 3 is 2.74 bits per heavy atom. The summed E-state index contributed by atoms with van der Waals surface area (Å²) in [6, 6.07) is 3.53. The number of ether oxygens (including phenoxy) is 1. The first-order valence-corrected chi connectivity index (χ1v) is 6.75. The number of sulfonamides is 1. The van der Waals surface area contributed by atoms with Crippen molar-refractivity contribution in [2.75, 3.05) is 13.7 Å². The molecule has 7 heteroatoms. The summed E-state index contributed by atoms with van der Waals surface area (Å²) < 4.78 is 31.1. The number of benzene rings is 1. The topological polar surface area (TPSA) is 92.7 Å². The third-order valence-corrected chi connectivity index (χ3v) is 3.76. The van der Waals surface area contributed by atoms with Gasteiger partial charge in [-0.15, -0.1) is 12.3 Å². The summed E-state index contributed by atoms with van der Waals surface area (Å²) in [4.78, 5) is 10.7. The Labute approximate surface area is 111 Å². The van der Waals surface area contributed by atoms with E-state index in [0.717, 1.165) is 6.07 Å². The maximum Gasteiger partial charge on any atom is 0.335 e. The van der Waals surface area contributed by atoms with Crippen LogP contribution in [-0.2, 0) is 10.0 Å². The number of carboxylic acids is 1. The Kier molecular flexibility index (Phi) is 4.92. The molecule has 0 spiro atoms. The molecule has 0 saturated carbocycles. The number of hydrogen-bond acceptors (Lipinski definition) is 4. The molecule has 0 saturated heterocycles. The summed E-state index contributed by atoms with van der Waals surface area (Å²) in [5.74, 6) is 1.11. The molecule has 0 unspecified atom stereocenters. The van der Waals surface area contributed by atoms with E-state index in [2.05, 4.69) is 10.6 Å². The van der Waals surface area contributed by atoms with Gasteiger partial charge in [-0.2, -0.15) is 0 Å². The zero-order valence-electron chi connectivity index (χ0n) is 10.2. The monoisotopic (exact) mass is 283 g/mol. The zero-order valence-corrected chi connectivity index (χ0v) is 11.0. The van der Waals surface area contributed by atoms with Crippen molar-refractivity contribution in [3.8, 4) is 18.1 Å². The Hall–Kier alpha value is -2.04. The SMILES string of the molecule is C#CCCNS(=O)(=O)c1ccc(C(=O)O)cc1OC. The Morgan fingerprint density at radius 2 is 2.21 bits per heavy atom. The lowest BCUT2D eigenvalue weighted by atomic mass is 10.2. The molecular weight excluding hydrogens is 270 g/mol. The lowest BCUT2D eigenvalue weighted by Gasteiger charge is -2.10. The second-order valence-corrected chi connectivity index (χ2v) is 5.26. The molecule has 0 atom stereocenters. The zero-order chi connectivity index (χ0) is 14.5. The molecule has 0 aliphatic heterocycles. The van der Waals surface area contributed by atoms with Gasteiger partial charge in [0.2, 0.25) is 10.0 Å². The highest BCUT2D eigenvalue weighted by Crippen LogP contribution is 2.24. The lowest BCUT2D eigenvalue weighted by Crippen LogP contribution is -2.25. The van der Waals surface area contributed by atoms with E-state index in [-0.39, 0.29) is 29.2 Å². The second-order valence-electron chi connectivity index (χ2n) is 3.52. The van der Waals surface area contributed by atoms with E-state index < -0.39 is 16.0 Å². The standard InChI is InChI=1S/C12H13NO5S/c1-3-4-7-13-19(16,17)11-6-5-9(12(14)15)8-10(11)18-2/h1,5-6,8,13H,4,7H2,2H3,(H,14,15). The first kappa shape index (κ1) is 15.0. The summed E-state index contributed by atoms with van der Waals surface area (Å²) >= 11 is 0. The number of hydrogen-bond donors (Lipinski definition) is 2. The smallest absolute Gasteiger partial charge is 0.335 e. The van der Waals surface area contributed by atoms with Gasteiger partial charge in [0.1, 0.15) is 10.6 Å². The highest BCUT2D eigenvalue weighted by atomic mass is 32.2. The van der Waals surface area contributed by atoms with Crippen molar-refractivity contribution in [2.45, 2.75) is 11.3 Å². The third kappa shape index (κ3) is 3.71. The normalized spacial score (nSPS) is 10.7. The number of carboxylic acid groups (broad SMARTS) is 1. The number of nitrogens with one attached hydrogen (secondary N) is 1. The molecule has 0 aliphatic carbocycles. The van der Waals surface area contributed by atoms with Crippen molar-refractivity contribution >= 4 is 16.0 Å². The van der Waals surface area contributed by atoms with Crippen molar-refractivity contribution in [2.24, 2.45) is 0 Å². The van der Waals surface area contributed by atoms with Gasteiger partial charge in [0.15, 0.2) is 0 Å². The van der Waals surface area contributed by atoms with Crippen LogP contribution in [-0.4, -0.2) is 33.1 Å². The maximum atomic E-state index is 12.0. The van der Waals surface area contributed by atoms with E-state index in [4.69, 9.17) is 16.3 Å². The molecule has 0 heterocycles. The van der Waals surface area contributed by atoms with E-state index in [9.17, 15) is 13.2 Å². The molecule has 0 amide bonds. The van der Waals surface area contributed by atoms with Gasteiger partial charge in [0, 0.05) is 13.0 Å². The largest absolute Gasteiger partial charge is 0.495 e. The molecule has 1 aromatic carbocycles. The highest BCUT2D eigenvalue weighted by Gasteiger charge is 2.20. The summed E-state index contributed by atoms with van der Waals surface area (Å²) in [6.45, 7) is 0.0999. The highest BCUT2D eigenvalue weighted by molar-refractivity contribution is 7.89. The van der Waals surface area contributed by atoms with Crippen LogP contribution < -0.4 is 9.46 Å². The molecule has 19 heavy (non-hydrogen) atoms. The van der Waals surface area contributed by atoms with Gasteiger partial charge >= 0.3 is 5.97 Å². The molecule has 102 valence electrons. The number of aromatic carboxylic acids is 1. The fourth-order valence-corrected chi connectivity index (χ4v) is 2.54. The van der Waals surface area contributed by atoms with E-state index >= 15 is 0 Å². The van der Waals surface area contributed by atoms with E-state index in [0.29, 0.717) is 0 Å². The fraction of sp³-hybridized carbons (Fsp3) is 0.250. The van der Waals surface area contributed by atoms with Crippen molar-refractivity contribution < 1.29 is 23.1 Å². The summed E-state index contributed by atoms with van der Waals surface area (Å²) in [6.07, 6.45) is 5.29. The number of carbonyl (C=O) groups is 1. The van der Waals surface area contributed by atoms with Crippen LogP contribution in [0.5, 0.6) is 5.75 Å². The summed E-state index contributed by atoms with van der Waals surface area (Å²) in [5.41, 5.74) is -0.0561. The van der Waals surface area contributed by atoms with Crippen LogP contribution >= 0.6 is 0 Å². The minimum absolute atomic E-state index is 0.0342. The van der Waals surface area contributed by atoms with Gasteiger partial charge in [-0.3, -0.25) is 0 Å². The summed E-state index contributed by atoms with van der Waals surface area (Å²) in [7, 11) is -2.52. The van der Waals surface area contributed by atoms with Crippen LogP contribution in [0.4, 0.5) is 0 Å². The number of methoxy groups -OCH3 is 1. The first-order valence-electron chi connectivity index (χ1n) is 5.27. The molecule has 2 N–H and O–H groups in total. The van der Waals surface area contributed by atoms with Crippen LogP contribution in [0.15, 0.2) is 23.1 Å². The van der Waals surface area contributed by atoms with E-state index in [1.807, 2.05) is 0 Å². The van der Waals surface area contributed by atoms with Crippen LogP contribution in [0.25, 0.3) is 0 Å². The van der Waals surface area contributed by atoms with Crippen molar-refractivity contribution in [3.63, 3.8) is 0 Å². The van der Waals surface area contributed by atoms with Crippen molar-refractivity contribution in [1.29, 1.82) is 0 Å². The molecule has 0 radical (unpaired) electrons. The first-order chi connectivity index (χ1) is 8.92. The maximum absolute atomic E-state index is 12.0. The van der Waals surface area contributed by atoms with Crippen LogP contribution in [0.1, 0.15) is 16.8 Å². The predicted molar refractivity (Wildman–Crippen MR) is 68.6 cm³/mol. The van der Waals surface area contributed by atoms with Crippen LogP contribution in [0.3, 0.4) is 0 Å². The minimum Gasteiger partial charge on any atom is -0.495 e. The van der Waals surface area contributed by atoms with Crippen molar-refractivity contribution in [1.82, 2.24) is 4.72 Å². The minimum atomic E-state index is -3.78. The molecule has 0 aromatic heterocycles. The van der Waals surface area contributed by atoms with E-state index in [1.54, 1.807) is 0 Å². The molecule has 1 aromatic rings. The fourth-order valence-electron chi connectivity index (χ4n) is 1.36. The molecular formula is C12H13NO5S. The Bertz CT molecular complexity index is 615. The van der Waals surface area contributed by atoms with E-state index in [1.165, 1.54) is 19.2 Å². The quantitative estimate of drug-likeness (QED) is 0.592. The van der Waals surface area contributed by atoms with Gasteiger partial charge in [-0.05, 0) is 18.2 Å². The second kappa shape index (κ2) is 6.22. The number of rotatable bonds is 6.